The number of methoxy groups -OCH3 is 1. The summed E-state index contributed by atoms with van der Waals surface area (Å²) in [7, 11) is 1.62. The molecule has 1 aromatic heterocycles. The van der Waals surface area contributed by atoms with Gasteiger partial charge in [-0.3, -0.25) is 4.98 Å². The lowest BCUT2D eigenvalue weighted by Crippen LogP contribution is -2.00. The maximum atomic E-state index is 9.23. The lowest BCUT2D eigenvalue weighted by Gasteiger charge is -2.13. The molecular formula is C15H15N3O. The van der Waals surface area contributed by atoms with Gasteiger partial charge in [0.25, 0.3) is 0 Å². The summed E-state index contributed by atoms with van der Waals surface area (Å²) in [5, 5.41) is 12.5. The normalized spacial score (nSPS) is 9.79. The minimum absolute atomic E-state index is 0.552. The predicted molar refractivity (Wildman–Crippen MR) is 74.7 cm³/mol. The Hall–Kier alpha value is -2.54. The fraction of sp³-hybridized carbons (Fsp3) is 0.200. The highest BCUT2D eigenvalue weighted by molar-refractivity contribution is 5.71. The number of hydrogen-bond acceptors (Lipinski definition) is 4. The van der Waals surface area contributed by atoms with Gasteiger partial charge in [-0.2, -0.15) is 5.26 Å². The molecule has 0 saturated heterocycles. The van der Waals surface area contributed by atoms with Crippen molar-refractivity contribution in [3.63, 3.8) is 0 Å². The Morgan fingerprint density at radius 3 is 2.63 bits per heavy atom. The molecule has 0 radical (unpaired) electrons. The number of para-hydroxylation sites is 2. The van der Waals surface area contributed by atoms with Crippen molar-refractivity contribution in [2.24, 2.45) is 0 Å². The van der Waals surface area contributed by atoms with Gasteiger partial charge in [0.15, 0.2) is 0 Å². The van der Waals surface area contributed by atoms with Gasteiger partial charge in [-0.25, -0.2) is 0 Å². The second-order valence-corrected chi connectivity index (χ2v) is 4.21. The van der Waals surface area contributed by atoms with Crippen molar-refractivity contribution in [1.29, 1.82) is 5.26 Å². The van der Waals surface area contributed by atoms with Gasteiger partial charge in [0, 0.05) is 5.69 Å². The average Bonchev–Trinajstić information content (AvgIpc) is 2.39. The van der Waals surface area contributed by atoms with Gasteiger partial charge in [0.05, 0.1) is 29.7 Å². The summed E-state index contributed by atoms with van der Waals surface area (Å²) in [5.41, 5.74) is 3.72. The van der Waals surface area contributed by atoms with Crippen LogP contribution in [0.4, 0.5) is 11.4 Å². The monoisotopic (exact) mass is 253 g/mol. The summed E-state index contributed by atoms with van der Waals surface area (Å²) >= 11 is 0. The highest BCUT2D eigenvalue weighted by Gasteiger charge is 2.10. The van der Waals surface area contributed by atoms with Crippen LogP contribution in [0.2, 0.25) is 0 Å². The molecule has 0 aliphatic carbocycles. The summed E-state index contributed by atoms with van der Waals surface area (Å²) < 4.78 is 5.29. The van der Waals surface area contributed by atoms with Gasteiger partial charge in [-0.1, -0.05) is 12.1 Å². The Kier molecular flexibility index (Phi) is 3.67. The Balaban J connectivity index is 2.47. The molecule has 0 fully saturated rings. The van der Waals surface area contributed by atoms with Crippen molar-refractivity contribution in [3.05, 3.63) is 47.3 Å². The Labute approximate surface area is 112 Å². The van der Waals surface area contributed by atoms with Crippen LogP contribution in [-0.4, -0.2) is 12.1 Å². The molecule has 19 heavy (non-hydrogen) atoms. The molecule has 4 nitrogen and oxygen atoms in total. The van der Waals surface area contributed by atoms with Crippen LogP contribution >= 0.6 is 0 Å². The van der Waals surface area contributed by atoms with Crippen LogP contribution in [0, 0.1) is 25.2 Å². The number of benzene rings is 1. The van der Waals surface area contributed by atoms with E-state index in [1.165, 1.54) is 0 Å². The van der Waals surface area contributed by atoms with Crippen LogP contribution in [0.5, 0.6) is 5.75 Å². The molecule has 2 aromatic rings. The van der Waals surface area contributed by atoms with Gasteiger partial charge in [0.2, 0.25) is 0 Å². The fourth-order valence-corrected chi connectivity index (χ4v) is 1.96. The first-order valence-electron chi connectivity index (χ1n) is 5.94. The molecule has 0 saturated carbocycles. The van der Waals surface area contributed by atoms with E-state index in [9.17, 15) is 5.26 Å². The van der Waals surface area contributed by atoms with E-state index < -0.39 is 0 Å². The molecule has 2 rings (SSSR count). The first kappa shape index (κ1) is 12.9. The molecular weight excluding hydrogens is 238 g/mol. The number of nitrogens with one attached hydrogen (secondary N) is 1. The zero-order valence-corrected chi connectivity index (χ0v) is 11.2. The lowest BCUT2D eigenvalue weighted by molar-refractivity contribution is 0.417. The Morgan fingerprint density at radius 2 is 1.95 bits per heavy atom. The minimum Gasteiger partial charge on any atom is -0.495 e. The summed E-state index contributed by atoms with van der Waals surface area (Å²) in [6.45, 7) is 3.74. The summed E-state index contributed by atoms with van der Waals surface area (Å²) in [4.78, 5) is 4.30. The van der Waals surface area contributed by atoms with Crippen molar-refractivity contribution in [2.45, 2.75) is 13.8 Å². The molecule has 0 amide bonds. The highest BCUT2D eigenvalue weighted by atomic mass is 16.5. The SMILES string of the molecule is COc1ccccc1Nc1cc(C)nc(C)c1C#N. The van der Waals surface area contributed by atoms with E-state index >= 15 is 0 Å². The summed E-state index contributed by atoms with van der Waals surface area (Å²) in [5.74, 6) is 0.735. The van der Waals surface area contributed by atoms with E-state index in [1.54, 1.807) is 7.11 Å². The number of aromatic nitrogens is 1. The third-order valence-corrected chi connectivity index (χ3v) is 2.82. The Bertz CT molecular complexity index is 644. The Morgan fingerprint density at radius 1 is 1.21 bits per heavy atom. The van der Waals surface area contributed by atoms with E-state index in [1.807, 2.05) is 44.2 Å². The van der Waals surface area contributed by atoms with Gasteiger partial charge < -0.3 is 10.1 Å². The van der Waals surface area contributed by atoms with Crippen molar-refractivity contribution >= 4 is 11.4 Å². The number of ether oxygens (including phenoxy) is 1. The van der Waals surface area contributed by atoms with E-state index in [4.69, 9.17) is 4.74 Å². The van der Waals surface area contributed by atoms with Crippen LogP contribution < -0.4 is 10.1 Å². The second kappa shape index (κ2) is 5.40. The molecule has 0 atom stereocenters. The molecule has 1 N–H and O–H groups in total. The van der Waals surface area contributed by atoms with Gasteiger partial charge in [-0.05, 0) is 32.0 Å². The summed E-state index contributed by atoms with van der Waals surface area (Å²) in [6.07, 6.45) is 0. The van der Waals surface area contributed by atoms with E-state index in [0.717, 1.165) is 28.5 Å². The number of nitriles is 1. The quantitative estimate of drug-likeness (QED) is 0.911. The molecule has 0 spiro atoms. The lowest BCUT2D eigenvalue weighted by atomic mass is 10.1. The zero-order valence-electron chi connectivity index (χ0n) is 11.2. The van der Waals surface area contributed by atoms with Crippen LogP contribution in [0.15, 0.2) is 30.3 Å². The fourth-order valence-electron chi connectivity index (χ4n) is 1.96. The first-order chi connectivity index (χ1) is 9.15. The van der Waals surface area contributed by atoms with Gasteiger partial charge >= 0.3 is 0 Å². The molecule has 4 heteroatoms. The van der Waals surface area contributed by atoms with Gasteiger partial charge in [-0.15, -0.1) is 0 Å². The number of anilines is 2. The van der Waals surface area contributed by atoms with E-state index in [0.29, 0.717) is 5.56 Å². The van der Waals surface area contributed by atoms with E-state index in [-0.39, 0.29) is 0 Å². The van der Waals surface area contributed by atoms with Crippen molar-refractivity contribution in [3.8, 4) is 11.8 Å². The largest absolute Gasteiger partial charge is 0.495 e. The smallest absolute Gasteiger partial charge is 0.142 e. The number of pyridine rings is 1. The van der Waals surface area contributed by atoms with Crippen LogP contribution in [0.25, 0.3) is 0 Å². The number of rotatable bonds is 3. The molecule has 0 aliphatic heterocycles. The van der Waals surface area contributed by atoms with Crippen LogP contribution in [0.3, 0.4) is 0 Å². The van der Waals surface area contributed by atoms with Crippen LogP contribution in [-0.2, 0) is 0 Å². The average molecular weight is 253 g/mol. The molecule has 0 unspecified atom stereocenters. The second-order valence-electron chi connectivity index (χ2n) is 4.21. The zero-order chi connectivity index (χ0) is 13.8. The maximum Gasteiger partial charge on any atom is 0.142 e. The third kappa shape index (κ3) is 2.66. The number of nitrogens with zero attached hydrogens (tertiary/aromatic N) is 2. The van der Waals surface area contributed by atoms with Gasteiger partial charge in [0.1, 0.15) is 11.8 Å². The topological polar surface area (TPSA) is 57.9 Å². The number of hydrogen-bond donors (Lipinski definition) is 1. The minimum atomic E-state index is 0.552. The molecule has 0 bridgehead atoms. The van der Waals surface area contributed by atoms with Crippen molar-refractivity contribution in [1.82, 2.24) is 4.98 Å². The predicted octanol–water partition coefficient (Wildman–Crippen LogP) is 3.32. The van der Waals surface area contributed by atoms with Crippen molar-refractivity contribution in [2.75, 3.05) is 12.4 Å². The summed E-state index contributed by atoms with van der Waals surface area (Å²) in [6, 6.07) is 11.6. The molecule has 0 aliphatic rings. The molecule has 1 heterocycles. The maximum absolute atomic E-state index is 9.23. The van der Waals surface area contributed by atoms with Crippen molar-refractivity contribution < 1.29 is 4.74 Å². The highest BCUT2D eigenvalue weighted by Crippen LogP contribution is 2.29. The first-order valence-corrected chi connectivity index (χ1v) is 5.94. The standard InChI is InChI=1S/C15H15N3O/c1-10-8-14(12(9-16)11(2)17-10)18-13-6-4-5-7-15(13)19-3/h4-8H,1-3H3,(H,17,18). The molecule has 96 valence electrons. The third-order valence-electron chi connectivity index (χ3n) is 2.82. The van der Waals surface area contributed by atoms with E-state index in [2.05, 4.69) is 16.4 Å². The van der Waals surface area contributed by atoms with Crippen LogP contribution in [0.1, 0.15) is 17.0 Å². The molecule has 1 aromatic carbocycles. The number of aryl methyl sites for hydroxylation is 2.